The van der Waals surface area contributed by atoms with E-state index in [2.05, 4.69) is 0 Å². The first kappa shape index (κ1) is 11.2. The highest BCUT2D eigenvalue weighted by molar-refractivity contribution is 7.98. The number of ether oxygens (including phenoxy) is 2. The molecule has 3 rings (SSSR count). The molecule has 0 saturated carbocycles. The number of aliphatic hydroxyl groups is 1. The molecule has 0 spiro atoms. The van der Waals surface area contributed by atoms with Crippen LogP contribution in [-0.4, -0.2) is 36.6 Å². The Morgan fingerprint density at radius 3 is 3.06 bits per heavy atom. The topological polar surface area (TPSA) is 41.9 Å². The number of hydrogen-bond acceptors (Lipinski definition) is 5. The van der Waals surface area contributed by atoms with Crippen molar-refractivity contribution in [3.8, 4) is 11.5 Å². The third-order valence-corrected chi connectivity index (χ3v) is 4.17. The van der Waals surface area contributed by atoms with E-state index in [-0.39, 0.29) is 6.79 Å². The SMILES string of the molecule is CSc1c2c(cc3c1[C@H](O)N(C)CC3)OCO2. The Labute approximate surface area is 105 Å². The average molecular weight is 253 g/mol. The van der Waals surface area contributed by atoms with Gasteiger partial charge < -0.3 is 14.6 Å². The Hall–Kier alpha value is -0.910. The minimum absolute atomic E-state index is 0.276. The molecular weight excluding hydrogens is 238 g/mol. The molecule has 2 heterocycles. The highest BCUT2D eigenvalue weighted by atomic mass is 32.2. The van der Waals surface area contributed by atoms with Gasteiger partial charge in [-0.25, -0.2) is 0 Å². The normalized spacial score (nSPS) is 22.6. The Bertz CT molecular complexity index is 464. The van der Waals surface area contributed by atoms with Gasteiger partial charge in [0.25, 0.3) is 0 Å². The van der Waals surface area contributed by atoms with E-state index in [0.717, 1.165) is 34.9 Å². The summed E-state index contributed by atoms with van der Waals surface area (Å²) in [6.07, 6.45) is 2.39. The largest absolute Gasteiger partial charge is 0.454 e. The van der Waals surface area contributed by atoms with Crippen LogP contribution in [0.15, 0.2) is 11.0 Å². The smallest absolute Gasteiger partial charge is 0.231 e. The molecule has 1 atom stereocenters. The summed E-state index contributed by atoms with van der Waals surface area (Å²) in [7, 11) is 1.93. The second-order valence-electron chi connectivity index (χ2n) is 4.32. The number of benzene rings is 1. The Morgan fingerprint density at radius 2 is 2.29 bits per heavy atom. The van der Waals surface area contributed by atoms with Crippen LogP contribution in [0.3, 0.4) is 0 Å². The van der Waals surface area contributed by atoms with Crippen LogP contribution in [-0.2, 0) is 6.42 Å². The van der Waals surface area contributed by atoms with Crippen LogP contribution in [0.2, 0.25) is 0 Å². The van der Waals surface area contributed by atoms with Gasteiger partial charge in [-0.15, -0.1) is 11.8 Å². The van der Waals surface area contributed by atoms with Gasteiger partial charge in [0.2, 0.25) is 6.79 Å². The van der Waals surface area contributed by atoms with E-state index in [9.17, 15) is 5.11 Å². The van der Waals surface area contributed by atoms with Crippen molar-refractivity contribution < 1.29 is 14.6 Å². The fourth-order valence-corrected chi connectivity index (χ4v) is 3.21. The number of hydrogen-bond donors (Lipinski definition) is 1. The van der Waals surface area contributed by atoms with Crippen molar-refractivity contribution in [1.82, 2.24) is 4.90 Å². The van der Waals surface area contributed by atoms with Crippen molar-refractivity contribution in [2.45, 2.75) is 17.5 Å². The number of aliphatic hydroxyl groups excluding tert-OH is 1. The minimum Gasteiger partial charge on any atom is -0.454 e. The first-order valence-electron chi connectivity index (χ1n) is 5.60. The molecule has 0 amide bonds. The number of likely N-dealkylation sites (N-methyl/N-ethyl adjacent to an activating group) is 1. The lowest BCUT2D eigenvalue weighted by molar-refractivity contribution is 0.0102. The zero-order chi connectivity index (χ0) is 12.0. The van der Waals surface area contributed by atoms with Crippen molar-refractivity contribution in [3.63, 3.8) is 0 Å². The average Bonchev–Trinajstić information content (AvgIpc) is 2.79. The molecule has 0 radical (unpaired) electrons. The maximum absolute atomic E-state index is 10.3. The predicted octanol–water partition coefficient (Wildman–Crippen LogP) is 1.62. The first-order chi connectivity index (χ1) is 8.22. The molecule has 2 aliphatic rings. The van der Waals surface area contributed by atoms with Crippen LogP contribution in [0.25, 0.3) is 0 Å². The fraction of sp³-hybridized carbons (Fsp3) is 0.500. The molecule has 1 N–H and O–H groups in total. The highest BCUT2D eigenvalue weighted by Gasteiger charge is 2.31. The van der Waals surface area contributed by atoms with E-state index in [4.69, 9.17) is 9.47 Å². The van der Waals surface area contributed by atoms with Crippen molar-refractivity contribution in [3.05, 3.63) is 17.2 Å². The van der Waals surface area contributed by atoms with Crippen molar-refractivity contribution in [2.24, 2.45) is 0 Å². The molecule has 0 bridgehead atoms. The molecule has 17 heavy (non-hydrogen) atoms. The molecule has 1 aromatic carbocycles. The van der Waals surface area contributed by atoms with Crippen molar-refractivity contribution in [2.75, 3.05) is 26.6 Å². The van der Waals surface area contributed by atoms with Gasteiger partial charge in [0.05, 0.1) is 4.90 Å². The Balaban J connectivity index is 2.20. The van der Waals surface area contributed by atoms with Crippen LogP contribution in [0.4, 0.5) is 0 Å². The van der Waals surface area contributed by atoms with E-state index in [1.54, 1.807) is 11.8 Å². The minimum atomic E-state index is -0.546. The second kappa shape index (κ2) is 4.08. The summed E-state index contributed by atoms with van der Waals surface area (Å²) in [5.74, 6) is 1.59. The van der Waals surface area contributed by atoms with Crippen LogP contribution < -0.4 is 9.47 Å². The van der Waals surface area contributed by atoms with Crippen molar-refractivity contribution in [1.29, 1.82) is 0 Å². The predicted molar refractivity (Wildman–Crippen MR) is 65.6 cm³/mol. The van der Waals surface area contributed by atoms with E-state index >= 15 is 0 Å². The lowest BCUT2D eigenvalue weighted by Crippen LogP contribution is -2.32. The molecule has 92 valence electrons. The van der Waals surface area contributed by atoms with Crippen LogP contribution >= 0.6 is 11.8 Å². The monoisotopic (exact) mass is 253 g/mol. The van der Waals surface area contributed by atoms with E-state index in [1.807, 2.05) is 24.3 Å². The molecule has 0 unspecified atom stereocenters. The van der Waals surface area contributed by atoms with Gasteiger partial charge in [0.1, 0.15) is 6.23 Å². The van der Waals surface area contributed by atoms with E-state index in [1.165, 1.54) is 5.56 Å². The van der Waals surface area contributed by atoms with Crippen LogP contribution in [0.5, 0.6) is 11.5 Å². The van der Waals surface area contributed by atoms with Gasteiger partial charge in [-0.05, 0) is 31.4 Å². The summed E-state index contributed by atoms with van der Waals surface area (Å²) in [4.78, 5) is 2.96. The first-order valence-corrected chi connectivity index (χ1v) is 6.82. The number of thioether (sulfide) groups is 1. The van der Waals surface area contributed by atoms with Gasteiger partial charge >= 0.3 is 0 Å². The molecule has 0 aromatic heterocycles. The van der Waals surface area contributed by atoms with Gasteiger partial charge in [0, 0.05) is 12.1 Å². The molecule has 5 heteroatoms. The lowest BCUT2D eigenvalue weighted by atomic mass is 9.97. The fourth-order valence-electron chi connectivity index (χ4n) is 2.41. The molecular formula is C12H15NO3S. The van der Waals surface area contributed by atoms with Gasteiger partial charge in [-0.2, -0.15) is 0 Å². The summed E-state index contributed by atoms with van der Waals surface area (Å²) in [5.41, 5.74) is 2.15. The summed E-state index contributed by atoms with van der Waals surface area (Å²) in [6.45, 7) is 1.14. The zero-order valence-corrected chi connectivity index (χ0v) is 10.7. The molecule has 1 aromatic rings. The summed E-state index contributed by atoms with van der Waals surface area (Å²) >= 11 is 1.60. The molecule has 2 aliphatic heterocycles. The molecule has 0 saturated heterocycles. The summed E-state index contributed by atoms with van der Waals surface area (Å²) < 4.78 is 10.9. The van der Waals surface area contributed by atoms with Crippen molar-refractivity contribution >= 4 is 11.8 Å². The maximum Gasteiger partial charge on any atom is 0.231 e. The Kier molecular flexibility index (Phi) is 2.69. The second-order valence-corrected chi connectivity index (χ2v) is 5.14. The third kappa shape index (κ3) is 1.61. The summed E-state index contributed by atoms with van der Waals surface area (Å²) in [5, 5.41) is 10.3. The number of nitrogens with zero attached hydrogens (tertiary/aromatic N) is 1. The molecule has 0 aliphatic carbocycles. The standard InChI is InChI=1S/C12H15NO3S/c1-13-4-3-7-5-8-10(16-6-15-8)11(17-2)9(7)12(13)14/h5,12,14H,3-4,6H2,1-2H3/t12-/m0/s1. The quantitative estimate of drug-likeness (QED) is 0.770. The van der Waals surface area contributed by atoms with Gasteiger partial charge in [0.15, 0.2) is 11.5 Å². The maximum atomic E-state index is 10.3. The number of fused-ring (bicyclic) bond motifs is 2. The Morgan fingerprint density at radius 1 is 1.47 bits per heavy atom. The van der Waals surface area contributed by atoms with Crippen LogP contribution in [0, 0.1) is 0 Å². The van der Waals surface area contributed by atoms with E-state index < -0.39 is 6.23 Å². The third-order valence-electron chi connectivity index (χ3n) is 3.36. The number of rotatable bonds is 1. The van der Waals surface area contributed by atoms with E-state index in [0.29, 0.717) is 0 Å². The van der Waals surface area contributed by atoms with Crippen LogP contribution in [0.1, 0.15) is 17.4 Å². The lowest BCUT2D eigenvalue weighted by Gasteiger charge is -2.32. The summed E-state index contributed by atoms with van der Waals surface area (Å²) in [6, 6.07) is 2.01. The highest BCUT2D eigenvalue weighted by Crippen LogP contribution is 2.47. The van der Waals surface area contributed by atoms with Gasteiger partial charge in [-0.1, -0.05) is 0 Å². The molecule has 0 fully saturated rings. The zero-order valence-electron chi connectivity index (χ0n) is 9.90. The van der Waals surface area contributed by atoms with Gasteiger partial charge in [-0.3, -0.25) is 4.90 Å². The molecule has 4 nitrogen and oxygen atoms in total.